The van der Waals surface area contributed by atoms with Gasteiger partial charge in [-0.05, 0) is 54.3 Å². The van der Waals surface area contributed by atoms with Gasteiger partial charge >= 0.3 is 0 Å². The van der Waals surface area contributed by atoms with Crippen LogP contribution in [0, 0.1) is 12.7 Å². The van der Waals surface area contributed by atoms with E-state index in [1.165, 1.54) is 19.2 Å². The molecule has 32 heavy (non-hydrogen) atoms. The van der Waals surface area contributed by atoms with E-state index in [-0.39, 0.29) is 5.75 Å². The Hall–Kier alpha value is -2.17. The van der Waals surface area contributed by atoms with Crippen molar-refractivity contribution >= 4 is 19.7 Å². The van der Waals surface area contributed by atoms with Gasteiger partial charge in [0, 0.05) is 19.1 Å². The van der Waals surface area contributed by atoms with E-state index >= 15 is 0 Å². The maximum absolute atomic E-state index is 14.5. The Morgan fingerprint density at radius 1 is 1.03 bits per heavy atom. The summed E-state index contributed by atoms with van der Waals surface area (Å²) in [5, 5.41) is -1.23. The topological polar surface area (TPSA) is 90.0 Å². The van der Waals surface area contributed by atoms with Crippen LogP contribution in [-0.2, 0) is 32.6 Å². The molecule has 0 unspecified atom stereocenters. The molecule has 0 aliphatic carbocycles. The molecule has 10 heteroatoms. The van der Waals surface area contributed by atoms with Crippen LogP contribution in [0.5, 0.6) is 11.5 Å². The number of ether oxygens (including phenoxy) is 2. The highest BCUT2D eigenvalue weighted by Gasteiger charge is 2.49. The number of benzene rings is 2. The second-order valence-electron chi connectivity index (χ2n) is 8.36. The zero-order valence-electron chi connectivity index (χ0n) is 18.2. The largest absolute Gasteiger partial charge is 0.493 e. The number of halogens is 1. The van der Waals surface area contributed by atoms with Crippen LogP contribution in [0.3, 0.4) is 0 Å². The Bertz CT molecular complexity index is 1260. The SMILES string of the molecule is COc1cc2c(cc1OC)CN([C@H]1CS(=O)(=O)C[C@@H]1S(=O)(=O)c1cc(C)ccc1F)CC2. The van der Waals surface area contributed by atoms with Crippen LogP contribution in [-0.4, -0.2) is 65.3 Å². The maximum atomic E-state index is 14.5. The molecule has 2 atom stereocenters. The van der Waals surface area contributed by atoms with Gasteiger partial charge in [0.1, 0.15) is 10.7 Å². The van der Waals surface area contributed by atoms with Crippen molar-refractivity contribution in [2.75, 3.05) is 32.3 Å². The smallest absolute Gasteiger partial charge is 0.186 e. The van der Waals surface area contributed by atoms with Crippen molar-refractivity contribution in [3.63, 3.8) is 0 Å². The zero-order valence-corrected chi connectivity index (χ0v) is 19.8. The van der Waals surface area contributed by atoms with Crippen molar-refractivity contribution in [2.45, 2.75) is 36.1 Å². The van der Waals surface area contributed by atoms with Gasteiger partial charge in [-0.2, -0.15) is 0 Å². The number of methoxy groups -OCH3 is 2. The molecular weight excluding hydrogens is 457 g/mol. The molecular formula is C22H26FNO6S2. The lowest BCUT2D eigenvalue weighted by atomic mass is 9.97. The molecule has 174 valence electrons. The molecule has 0 amide bonds. The fourth-order valence-corrected chi connectivity index (χ4v) is 9.59. The molecule has 2 aromatic rings. The second-order valence-corrected chi connectivity index (χ2v) is 12.6. The normalized spacial score (nSPS) is 23.0. The summed E-state index contributed by atoms with van der Waals surface area (Å²) >= 11 is 0. The molecule has 2 heterocycles. The Morgan fingerprint density at radius 2 is 1.69 bits per heavy atom. The van der Waals surface area contributed by atoms with Crippen molar-refractivity contribution in [1.82, 2.24) is 4.90 Å². The van der Waals surface area contributed by atoms with Crippen LogP contribution in [0.25, 0.3) is 0 Å². The van der Waals surface area contributed by atoms with E-state index in [2.05, 4.69) is 0 Å². The molecule has 0 radical (unpaired) electrons. The van der Waals surface area contributed by atoms with Crippen LogP contribution >= 0.6 is 0 Å². The molecule has 0 N–H and O–H groups in total. The van der Waals surface area contributed by atoms with E-state index in [9.17, 15) is 21.2 Å². The monoisotopic (exact) mass is 483 g/mol. The van der Waals surface area contributed by atoms with E-state index in [1.54, 1.807) is 14.0 Å². The Kier molecular flexibility index (Phi) is 5.98. The zero-order chi connectivity index (χ0) is 23.3. The van der Waals surface area contributed by atoms with E-state index in [0.717, 1.165) is 17.2 Å². The highest BCUT2D eigenvalue weighted by Crippen LogP contribution is 2.36. The average Bonchev–Trinajstić information content (AvgIpc) is 3.10. The molecule has 4 rings (SSSR count). The Balaban J connectivity index is 1.70. The predicted molar refractivity (Wildman–Crippen MR) is 118 cm³/mol. The lowest BCUT2D eigenvalue weighted by Crippen LogP contribution is -2.48. The number of hydrogen-bond acceptors (Lipinski definition) is 7. The molecule has 0 saturated carbocycles. The van der Waals surface area contributed by atoms with E-state index in [1.807, 2.05) is 17.0 Å². The fourth-order valence-electron chi connectivity index (χ4n) is 4.61. The molecule has 2 aliphatic rings. The van der Waals surface area contributed by atoms with Gasteiger partial charge in [-0.25, -0.2) is 21.2 Å². The van der Waals surface area contributed by atoms with Crippen LogP contribution in [0.15, 0.2) is 35.2 Å². The van der Waals surface area contributed by atoms with Gasteiger partial charge in [-0.15, -0.1) is 0 Å². The van der Waals surface area contributed by atoms with Crippen LogP contribution in [0.4, 0.5) is 4.39 Å². The minimum atomic E-state index is -4.20. The van der Waals surface area contributed by atoms with Gasteiger partial charge in [0.2, 0.25) is 0 Å². The highest BCUT2D eigenvalue weighted by molar-refractivity contribution is 7.96. The molecule has 1 saturated heterocycles. The summed E-state index contributed by atoms with van der Waals surface area (Å²) in [4.78, 5) is 1.45. The maximum Gasteiger partial charge on any atom is 0.186 e. The minimum absolute atomic E-state index is 0.271. The number of aryl methyl sites for hydroxylation is 1. The molecule has 2 aliphatic heterocycles. The summed E-state index contributed by atoms with van der Waals surface area (Å²) in [6.45, 7) is 2.54. The Labute approximate surface area is 188 Å². The first kappa shape index (κ1) is 23.0. The Morgan fingerprint density at radius 3 is 2.34 bits per heavy atom. The van der Waals surface area contributed by atoms with Crippen molar-refractivity contribution in [3.8, 4) is 11.5 Å². The van der Waals surface area contributed by atoms with Gasteiger partial charge < -0.3 is 9.47 Å². The molecule has 0 spiro atoms. The van der Waals surface area contributed by atoms with E-state index in [4.69, 9.17) is 9.47 Å². The van der Waals surface area contributed by atoms with Gasteiger partial charge in [-0.3, -0.25) is 4.90 Å². The summed E-state index contributed by atoms with van der Waals surface area (Å²) in [5.74, 6) is -0.480. The van der Waals surface area contributed by atoms with Crippen molar-refractivity contribution < 1.29 is 30.7 Å². The third-order valence-electron chi connectivity index (χ3n) is 6.28. The number of hydrogen-bond donors (Lipinski definition) is 0. The number of rotatable bonds is 5. The van der Waals surface area contributed by atoms with Crippen molar-refractivity contribution in [2.24, 2.45) is 0 Å². The number of nitrogens with zero attached hydrogens (tertiary/aromatic N) is 1. The third-order valence-corrected chi connectivity index (χ3v) is 10.4. The van der Waals surface area contributed by atoms with Gasteiger partial charge in [0.15, 0.2) is 31.2 Å². The molecule has 1 fully saturated rings. The number of fused-ring (bicyclic) bond motifs is 1. The third kappa shape index (κ3) is 4.11. The van der Waals surface area contributed by atoms with Crippen LogP contribution < -0.4 is 9.47 Å². The first-order chi connectivity index (χ1) is 15.1. The average molecular weight is 484 g/mol. The molecule has 7 nitrogen and oxygen atoms in total. The first-order valence-corrected chi connectivity index (χ1v) is 13.6. The summed E-state index contributed by atoms with van der Waals surface area (Å²) < 4.78 is 77.1. The molecule has 0 bridgehead atoms. The molecule has 2 aromatic carbocycles. The van der Waals surface area contributed by atoms with E-state index < -0.39 is 47.4 Å². The van der Waals surface area contributed by atoms with Crippen LogP contribution in [0.1, 0.15) is 16.7 Å². The summed E-state index contributed by atoms with van der Waals surface area (Å²) in [6, 6.07) is 6.85. The number of sulfone groups is 2. The summed E-state index contributed by atoms with van der Waals surface area (Å²) in [6.07, 6.45) is 0.609. The molecule has 0 aromatic heterocycles. The van der Waals surface area contributed by atoms with Crippen LogP contribution in [0.2, 0.25) is 0 Å². The van der Waals surface area contributed by atoms with Crippen molar-refractivity contribution in [1.29, 1.82) is 0 Å². The quantitative estimate of drug-likeness (QED) is 0.644. The van der Waals surface area contributed by atoms with E-state index in [0.29, 0.717) is 36.6 Å². The highest BCUT2D eigenvalue weighted by atomic mass is 32.2. The van der Waals surface area contributed by atoms with Gasteiger partial charge in [0.25, 0.3) is 0 Å². The first-order valence-electron chi connectivity index (χ1n) is 10.2. The summed E-state index contributed by atoms with van der Waals surface area (Å²) in [5.41, 5.74) is 2.57. The standard InChI is InChI=1S/C22H26FNO6S2/c1-14-4-5-17(23)21(8-14)32(27,28)22-13-31(25,26)12-18(22)24-7-6-15-9-19(29-2)20(30-3)10-16(15)11-24/h4-5,8-10,18,22H,6-7,11-13H2,1-3H3/t18-,22-/m0/s1. The minimum Gasteiger partial charge on any atom is -0.493 e. The fraction of sp³-hybridized carbons (Fsp3) is 0.455. The van der Waals surface area contributed by atoms with Crippen molar-refractivity contribution in [3.05, 3.63) is 52.8 Å². The predicted octanol–water partition coefficient (Wildman–Crippen LogP) is 2.15. The lowest BCUT2D eigenvalue weighted by molar-refractivity contribution is 0.195. The lowest BCUT2D eigenvalue weighted by Gasteiger charge is -2.36. The summed E-state index contributed by atoms with van der Waals surface area (Å²) in [7, 11) is -4.71. The van der Waals surface area contributed by atoms with Gasteiger partial charge in [0.05, 0.1) is 31.0 Å². The van der Waals surface area contributed by atoms with Gasteiger partial charge in [-0.1, -0.05) is 6.07 Å². The second kappa shape index (κ2) is 8.31.